The number of nitrogens with zero attached hydrogens (tertiary/aromatic N) is 2. The molecule has 3 rings (SSSR count). The van der Waals surface area contributed by atoms with Gasteiger partial charge >= 0.3 is 0 Å². The molecular formula is C17H24N2O3. The van der Waals surface area contributed by atoms with E-state index >= 15 is 0 Å². The Hall–Kier alpha value is -1.65. The Balaban J connectivity index is 1.77. The summed E-state index contributed by atoms with van der Waals surface area (Å²) in [7, 11) is 0. The molecule has 120 valence electrons. The number of hydrogen-bond donors (Lipinski definition) is 0. The predicted molar refractivity (Wildman–Crippen MR) is 80.9 cm³/mol. The number of imide groups is 1. The van der Waals surface area contributed by atoms with Gasteiger partial charge in [-0.2, -0.15) is 0 Å². The second-order valence-corrected chi connectivity index (χ2v) is 6.81. The molecule has 0 N–H and O–H groups in total. The maximum atomic E-state index is 12.6. The van der Waals surface area contributed by atoms with Crippen molar-refractivity contribution in [1.82, 2.24) is 10.1 Å². The zero-order valence-corrected chi connectivity index (χ0v) is 13.5. The molecule has 2 aliphatic rings. The van der Waals surface area contributed by atoms with Gasteiger partial charge in [-0.1, -0.05) is 31.3 Å². The highest BCUT2D eigenvalue weighted by Crippen LogP contribution is 2.45. The summed E-state index contributed by atoms with van der Waals surface area (Å²) in [6, 6.07) is 0. The third kappa shape index (κ3) is 2.69. The van der Waals surface area contributed by atoms with Gasteiger partial charge in [-0.25, -0.2) is 0 Å². The molecule has 1 saturated heterocycles. The minimum atomic E-state index is -0.0554. The molecule has 0 aromatic carbocycles. The van der Waals surface area contributed by atoms with E-state index in [1.165, 1.54) is 11.3 Å². The summed E-state index contributed by atoms with van der Waals surface area (Å²) in [4.78, 5) is 26.6. The number of aryl methyl sites for hydroxylation is 2. The molecule has 1 aromatic rings. The Bertz CT molecular complexity index is 565. The number of likely N-dealkylation sites (tertiary alicyclic amines) is 1. The molecule has 0 radical (unpaired) electrons. The second-order valence-electron chi connectivity index (χ2n) is 6.81. The van der Waals surface area contributed by atoms with Crippen LogP contribution >= 0.6 is 0 Å². The maximum absolute atomic E-state index is 12.6. The van der Waals surface area contributed by atoms with Gasteiger partial charge in [0.15, 0.2) is 0 Å². The van der Waals surface area contributed by atoms with Crippen LogP contribution in [0, 0.1) is 12.3 Å². The molecule has 5 heteroatoms. The van der Waals surface area contributed by atoms with Gasteiger partial charge in [-0.3, -0.25) is 14.5 Å². The lowest BCUT2D eigenvalue weighted by Gasteiger charge is -2.42. The van der Waals surface area contributed by atoms with Gasteiger partial charge in [0.05, 0.1) is 12.2 Å². The van der Waals surface area contributed by atoms with E-state index in [2.05, 4.69) is 5.16 Å². The van der Waals surface area contributed by atoms with Crippen molar-refractivity contribution in [3.8, 4) is 0 Å². The third-order valence-electron chi connectivity index (χ3n) is 5.29. The number of piperidine rings is 1. The van der Waals surface area contributed by atoms with E-state index in [9.17, 15) is 9.59 Å². The smallest absolute Gasteiger partial charge is 0.230 e. The standard InChI is InChI=1S/C17H24N2O3/c1-3-14-13(12(2)22-18-14)11-19-15(20)9-17(10-16(19)21)7-5-4-6-8-17/h3-11H2,1-2H3. The molecule has 1 saturated carbocycles. The highest BCUT2D eigenvalue weighted by Gasteiger charge is 2.44. The normalized spacial score (nSPS) is 21.6. The third-order valence-corrected chi connectivity index (χ3v) is 5.29. The Kier molecular flexibility index (Phi) is 4.06. The SMILES string of the molecule is CCc1noc(C)c1CN1C(=O)CC2(CCCCC2)CC1=O. The molecule has 1 aliphatic carbocycles. The number of carbonyl (C=O) groups is 2. The fraction of sp³-hybridized carbons (Fsp3) is 0.706. The van der Waals surface area contributed by atoms with Crippen molar-refractivity contribution in [2.24, 2.45) is 5.41 Å². The lowest BCUT2D eigenvalue weighted by atomic mass is 9.67. The Labute approximate surface area is 131 Å². The van der Waals surface area contributed by atoms with Crippen molar-refractivity contribution >= 4 is 11.8 Å². The highest BCUT2D eigenvalue weighted by atomic mass is 16.5. The minimum absolute atomic E-state index is 0.0270. The van der Waals surface area contributed by atoms with E-state index in [-0.39, 0.29) is 17.2 Å². The number of carbonyl (C=O) groups excluding carboxylic acids is 2. The summed E-state index contributed by atoms with van der Waals surface area (Å²) < 4.78 is 5.21. The first-order valence-electron chi connectivity index (χ1n) is 8.32. The summed E-state index contributed by atoms with van der Waals surface area (Å²) in [5, 5.41) is 4.01. The minimum Gasteiger partial charge on any atom is -0.361 e. The molecule has 22 heavy (non-hydrogen) atoms. The van der Waals surface area contributed by atoms with Gasteiger partial charge in [0, 0.05) is 18.4 Å². The molecule has 2 fully saturated rings. The van der Waals surface area contributed by atoms with Crippen molar-refractivity contribution in [1.29, 1.82) is 0 Å². The van der Waals surface area contributed by atoms with Crippen LogP contribution in [0.15, 0.2) is 4.52 Å². The van der Waals surface area contributed by atoms with Gasteiger partial charge in [0.25, 0.3) is 0 Å². The van der Waals surface area contributed by atoms with Crippen LogP contribution in [0.2, 0.25) is 0 Å². The summed E-state index contributed by atoms with van der Waals surface area (Å²) in [5.74, 6) is 0.650. The highest BCUT2D eigenvalue weighted by molar-refractivity contribution is 5.98. The summed E-state index contributed by atoms with van der Waals surface area (Å²) in [6.45, 7) is 4.15. The molecule has 0 atom stereocenters. The largest absolute Gasteiger partial charge is 0.361 e. The average molecular weight is 304 g/mol. The maximum Gasteiger partial charge on any atom is 0.230 e. The quantitative estimate of drug-likeness (QED) is 0.805. The molecule has 1 spiro atoms. The van der Waals surface area contributed by atoms with Gasteiger partial charge < -0.3 is 4.52 Å². The van der Waals surface area contributed by atoms with Gasteiger partial charge in [-0.05, 0) is 31.6 Å². The van der Waals surface area contributed by atoms with Crippen LogP contribution in [-0.2, 0) is 22.6 Å². The van der Waals surface area contributed by atoms with Crippen LogP contribution in [0.3, 0.4) is 0 Å². The topological polar surface area (TPSA) is 63.4 Å². The zero-order valence-electron chi connectivity index (χ0n) is 13.5. The van der Waals surface area contributed by atoms with Crippen molar-refractivity contribution in [3.63, 3.8) is 0 Å². The van der Waals surface area contributed by atoms with Gasteiger partial charge in [-0.15, -0.1) is 0 Å². The fourth-order valence-electron chi connectivity index (χ4n) is 3.94. The monoisotopic (exact) mass is 304 g/mol. The lowest BCUT2D eigenvalue weighted by Crippen LogP contribution is -2.48. The summed E-state index contributed by atoms with van der Waals surface area (Å²) in [6.07, 6.45) is 7.34. The molecule has 2 heterocycles. The Morgan fingerprint density at radius 3 is 2.36 bits per heavy atom. The first-order chi connectivity index (χ1) is 10.5. The molecule has 5 nitrogen and oxygen atoms in total. The molecule has 1 aromatic heterocycles. The first-order valence-corrected chi connectivity index (χ1v) is 8.32. The van der Waals surface area contributed by atoms with E-state index in [1.54, 1.807) is 0 Å². The van der Waals surface area contributed by atoms with Crippen LogP contribution < -0.4 is 0 Å². The predicted octanol–water partition coefficient (Wildman–Crippen LogP) is 3.14. The Morgan fingerprint density at radius 2 is 1.77 bits per heavy atom. The van der Waals surface area contributed by atoms with E-state index in [0.29, 0.717) is 25.1 Å². The Morgan fingerprint density at radius 1 is 1.14 bits per heavy atom. The second kappa shape index (κ2) is 5.86. The van der Waals surface area contributed by atoms with E-state index in [0.717, 1.165) is 43.4 Å². The van der Waals surface area contributed by atoms with E-state index in [4.69, 9.17) is 4.52 Å². The van der Waals surface area contributed by atoms with Crippen molar-refractivity contribution in [3.05, 3.63) is 17.0 Å². The van der Waals surface area contributed by atoms with Gasteiger partial charge in [0.1, 0.15) is 5.76 Å². The van der Waals surface area contributed by atoms with Crippen LogP contribution in [0.5, 0.6) is 0 Å². The molecule has 1 aliphatic heterocycles. The first kappa shape index (κ1) is 15.3. The van der Waals surface area contributed by atoms with E-state index < -0.39 is 0 Å². The van der Waals surface area contributed by atoms with Crippen molar-refractivity contribution < 1.29 is 14.1 Å². The molecule has 0 bridgehead atoms. The van der Waals surface area contributed by atoms with Gasteiger partial charge in [0.2, 0.25) is 11.8 Å². The lowest BCUT2D eigenvalue weighted by molar-refractivity contribution is -0.155. The van der Waals surface area contributed by atoms with Crippen LogP contribution in [-0.4, -0.2) is 21.9 Å². The molecular weight excluding hydrogens is 280 g/mol. The van der Waals surface area contributed by atoms with Crippen molar-refractivity contribution in [2.45, 2.75) is 71.8 Å². The zero-order chi connectivity index (χ0) is 15.7. The summed E-state index contributed by atoms with van der Waals surface area (Å²) in [5.41, 5.74) is 1.68. The number of rotatable bonds is 3. The van der Waals surface area contributed by atoms with Crippen molar-refractivity contribution in [2.75, 3.05) is 0 Å². The molecule has 0 unspecified atom stereocenters. The van der Waals surface area contributed by atoms with Crippen LogP contribution in [0.1, 0.15) is 68.9 Å². The van der Waals surface area contributed by atoms with Crippen LogP contribution in [0.25, 0.3) is 0 Å². The fourth-order valence-corrected chi connectivity index (χ4v) is 3.94. The number of hydrogen-bond acceptors (Lipinski definition) is 4. The molecule has 2 amide bonds. The van der Waals surface area contributed by atoms with E-state index in [1.807, 2.05) is 13.8 Å². The number of aromatic nitrogens is 1. The van der Waals surface area contributed by atoms with Crippen LogP contribution in [0.4, 0.5) is 0 Å². The average Bonchev–Trinajstić information content (AvgIpc) is 2.84. The number of amides is 2. The summed E-state index contributed by atoms with van der Waals surface area (Å²) >= 11 is 0.